The second kappa shape index (κ2) is 9.37. The lowest BCUT2D eigenvalue weighted by molar-refractivity contribution is 0.101. The molecule has 0 aliphatic heterocycles. The first-order chi connectivity index (χ1) is 16.6. The molecule has 3 aromatic carbocycles. The molecule has 5 rings (SSSR count). The highest BCUT2D eigenvalue weighted by molar-refractivity contribution is 6.30. The van der Waals surface area contributed by atoms with Gasteiger partial charge >= 0.3 is 0 Å². The number of benzene rings is 3. The van der Waals surface area contributed by atoms with E-state index in [9.17, 15) is 9.59 Å². The number of pyridine rings is 1. The summed E-state index contributed by atoms with van der Waals surface area (Å²) in [6.07, 6.45) is 1.26. The van der Waals surface area contributed by atoms with Gasteiger partial charge in [-0.15, -0.1) is 0 Å². The number of H-pyrrole nitrogens is 1. The zero-order valence-electron chi connectivity index (χ0n) is 18.2. The maximum atomic E-state index is 13.5. The van der Waals surface area contributed by atoms with E-state index in [1.165, 1.54) is 4.68 Å². The molecule has 1 amide bonds. The van der Waals surface area contributed by atoms with E-state index in [-0.39, 0.29) is 11.5 Å². The van der Waals surface area contributed by atoms with Gasteiger partial charge in [0.15, 0.2) is 0 Å². The third kappa shape index (κ3) is 4.36. The van der Waals surface area contributed by atoms with Gasteiger partial charge in [0, 0.05) is 27.2 Å². The molecule has 5 aromatic rings. The van der Waals surface area contributed by atoms with E-state index < -0.39 is 0 Å². The molecule has 0 aliphatic carbocycles. The van der Waals surface area contributed by atoms with E-state index in [0.717, 1.165) is 11.1 Å². The van der Waals surface area contributed by atoms with Gasteiger partial charge < -0.3 is 0 Å². The molecule has 2 heterocycles. The fraction of sp³-hybridized carbons (Fsp3) is 0.0741. The predicted octanol–water partition coefficient (Wildman–Crippen LogP) is 5.21. The van der Waals surface area contributed by atoms with Crippen molar-refractivity contribution >= 4 is 28.4 Å². The number of fused-ring (bicyclic) bond motifs is 1. The molecule has 34 heavy (non-hydrogen) atoms. The SMILES string of the molecule is O=C(Nn1c(CCc2ccccc2)cc2c(-c3ccc(Cl)cc3)n[nH]c2c1=O)c1ccccc1. The van der Waals surface area contributed by atoms with Gasteiger partial charge in [0.25, 0.3) is 11.5 Å². The van der Waals surface area contributed by atoms with Crippen molar-refractivity contribution in [3.8, 4) is 11.3 Å². The summed E-state index contributed by atoms with van der Waals surface area (Å²) in [5.41, 5.74) is 6.53. The number of nitrogens with zero attached hydrogens (tertiary/aromatic N) is 2. The Bertz CT molecular complexity index is 1510. The smallest absolute Gasteiger partial charge is 0.272 e. The molecular formula is C27H21ClN4O2. The van der Waals surface area contributed by atoms with Gasteiger partial charge in [0.2, 0.25) is 0 Å². The van der Waals surface area contributed by atoms with Gasteiger partial charge in [-0.1, -0.05) is 72.3 Å². The lowest BCUT2D eigenvalue weighted by atomic mass is 10.0. The van der Waals surface area contributed by atoms with Gasteiger partial charge in [-0.3, -0.25) is 20.1 Å². The summed E-state index contributed by atoms with van der Waals surface area (Å²) in [5.74, 6) is -0.361. The summed E-state index contributed by atoms with van der Waals surface area (Å²) in [5, 5.41) is 8.57. The maximum absolute atomic E-state index is 13.5. The third-order valence-electron chi connectivity index (χ3n) is 5.70. The Morgan fingerprint density at radius 2 is 1.59 bits per heavy atom. The van der Waals surface area contributed by atoms with Crippen LogP contribution in [0.5, 0.6) is 0 Å². The predicted molar refractivity (Wildman–Crippen MR) is 135 cm³/mol. The average Bonchev–Trinajstić information content (AvgIpc) is 3.30. The molecule has 0 saturated heterocycles. The number of hydrogen-bond donors (Lipinski definition) is 2. The zero-order valence-corrected chi connectivity index (χ0v) is 18.9. The largest absolute Gasteiger partial charge is 0.295 e. The Kier molecular flexibility index (Phi) is 5.97. The van der Waals surface area contributed by atoms with Crippen LogP contribution in [0, 0.1) is 0 Å². The Morgan fingerprint density at radius 3 is 2.29 bits per heavy atom. The monoisotopic (exact) mass is 468 g/mol. The van der Waals surface area contributed by atoms with Crippen LogP contribution in [-0.2, 0) is 12.8 Å². The van der Waals surface area contributed by atoms with E-state index in [1.54, 1.807) is 36.4 Å². The zero-order chi connectivity index (χ0) is 23.5. The number of carbonyl (C=O) groups excluding carboxylic acids is 1. The lowest BCUT2D eigenvalue weighted by Crippen LogP contribution is -2.35. The van der Waals surface area contributed by atoms with Crippen molar-refractivity contribution in [3.63, 3.8) is 0 Å². The summed E-state index contributed by atoms with van der Waals surface area (Å²) in [7, 11) is 0. The van der Waals surface area contributed by atoms with Crippen LogP contribution in [0.1, 0.15) is 21.6 Å². The number of rotatable bonds is 6. The minimum absolute atomic E-state index is 0.321. The summed E-state index contributed by atoms with van der Waals surface area (Å²) in [6.45, 7) is 0. The number of aryl methyl sites for hydroxylation is 2. The molecular weight excluding hydrogens is 448 g/mol. The Labute approximate surface area is 200 Å². The van der Waals surface area contributed by atoms with Crippen LogP contribution in [0.15, 0.2) is 95.8 Å². The van der Waals surface area contributed by atoms with Crippen molar-refractivity contribution in [1.82, 2.24) is 14.9 Å². The minimum atomic E-state index is -0.363. The Balaban J connectivity index is 1.59. The van der Waals surface area contributed by atoms with Gasteiger partial charge in [0.1, 0.15) is 11.2 Å². The molecule has 2 N–H and O–H groups in total. The highest BCUT2D eigenvalue weighted by Gasteiger charge is 2.18. The highest BCUT2D eigenvalue weighted by atomic mass is 35.5. The van der Waals surface area contributed by atoms with Crippen molar-refractivity contribution in [2.75, 3.05) is 5.43 Å². The standard InChI is InChI=1S/C27H21ClN4O2/c28-21-14-12-19(13-15-21)24-23-17-22(16-11-18-7-3-1-4-8-18)32(27(34)25(23)30-29-24)31-26(33)20-9-5-2-6-10-20/h1-10,12-15,17H,11,16H2,(H,29,30)(H,31,33). The molecule has 0 bridgehead atoms. The summed E-state index contributed by atoms with van der Waals surface area (Å²) >= 11 is 6.04. The Hall–Kier alpha value is -4.16. The third-order valence-corrected chi connectivity index (χ3v) is 5.95. The van der Waals surface area contributed by atoms with Crippen molar-refractivity contribution in [1.29, 1.82) is 0 Å². The first-order valence-corrected chi connectivity index (χ1v) is 11.3. The maximum Gasteiger partial charge on any atom is 0.295 e. The number of nitrogens with one attached hydrogen (secondary N) is 2. The van der Waals surface area contributed by atoms with Crippen molar-refractivity contribution in [2.45, 2.75) is 12.8 Å². The molecule has 6 nitrogen and oxygen atoms in total. The number of aromatic nitrogens is 3. The van der Waals surface area contributed by atoms with Crippen LogP contribution < -0.4 is 11.0 Å². The van der Waals surface area contributed by atoms with E-state index in [4.69, 9.17) is 11.6 Å². The first kappa shape index (κ1) is 21.7. The van der Waals surface area contributed by atoms with Gasteiger partial charge in [0.05, 0.1) is 0 Å². The molecule has 0 saturated carbocycles. The van der Waals surface area contributed by atoms with Crippen LogP contribution in [0.2, 0.25) is 5.02 Å². The van der Waals surface area contributed by atoms with E-state index in [1.807, 2.05) is 54.6 Å². The summed E-state index contributed by atoms with van der Waals surface area (Å²) in [4.78, 5) is 26.4. The quantitative estimate of drug-likeness (QED) is 0.359. The molecule has 0 atom stereocenters. The molecule has 0 radical (unpaired) electrons. The van der Waals surface area contributed by atoms with E-state index >= 15 is 0 Å². The van der Waals surface area contributed by atoms with Crippen LogP contribution in [0.4, 0.5) is 0 Å². The minimum Gasteiger partial charge on any atom is -0.272 e. The first-order valence-electron chi connectivity index (χ1n) is 10.9. The van der Waals surface area contributed by atoms with E-state index in [2.05, 4.69) is 15.6 Å². The van der Waals surface area contributed by atoms with Crippen LogP contribution in [0.3, 0.4) is 0 Å². The molecule has 7 heteroatoms. The van der Waals surface area contributed by atoms with Gasteiger partial charge in [-0.05, 0) is 48.7 Å². The number of halogens is 1. The van der Waals surface area contributed by atoms with Crippen molar-refractivity contribution < 1.29 is 4.79 Å². The lowest BCUT2D eigenvalue weighted by Gasteiger charge is -2.15. The molecule has 0 unspecified atom stereocenters. The van der Waals surface area contributed by atoms with Gasteiger partial charge in [-0.2, -0.15) is 5.10 Å². The topological polar surface area (TPSA) is 79.8 Å². The molecule has 0 fully saturated rings. The number of hydrogen-bond acceptors (Lipinski definition) is 3. The van der Waals surface area contributed by atoms with Crippen molar-refractivity contribution in [3.05, 3.63) is 123 Å². The molecule has 0 spiro atoms. The number of amides is 1. The summed E-state index contributed by atoms with van der Waals surface area (Å²) in [6, 6.07) is 28.1. The molecule has 2 aromatic heterocycles. The second-order valence-corrected chi connectivity index (χ2v) is 8.37. The van der Waals surface area contributed by atoms with Gasteiger partial charge in [-0.25, -0.2) is 4.68 Å². The molecule has 168 valence electrons. The second-order valence-electron chi connectivity index (χ2n) is 7.94. The number of aromatic amines is 1. The summed E-state index contributed by atoms with van der Waals surface area (Å²) < 4.78 is 1.32. The molecule has 0 aliphatic rings. The van der Waals surface area contributed by atoms with Crippen LogP contribution in [-0.4, -0.2) is 20.8 Å². The van der Waals surface area contributed by atoms with Crippen LogP contribution >= 0.6 is 11.6 Å². The fourth-order valence-corrected chi connectivity index (χ4v) is 4.06. The Morgan fingerprint density at radius 1 is 0.912 bits per heavy atom. The number of carbonyl (C=O) groups is 1. The van der Waals surface area contributed by atoms with Crippen LogP contribution in [0.25, 0.3) is 22.2 Å². The average molecular weight is 469 g/mol. The fourth-order valence-electron chi connectivity index (χ4n) is 3.93. The normalized spacial score (nSPS) is 11.0. The van der Waals surface area contributed by atoms with E-state index in [0.29, 0.717) is 45.7 Å². The van der Waals surface area contributed by atoms with Crippen molar-refractivity contribution in [2.24, 2.45) is 0 Å². The highest BCUT2D eigenvalue weighted by Crippen LogP contribution is 2.27.